The number of nitrogens with zero attached hydrogens (tertiary/aromatic N) is 1. The van der Waals surface area contributed by atoms with E-state index in [1.807, 2.05) is 37.3 Å². The third-order valence-electron chi connectivity index (χ3n) is 4.21. The van der Waals surface area contributed by atoms with E-state index >= 15 is 0 Å². The van der Waals surface area contributed by atoms with Crippen molar-refractivity contribution in [1.29, 1.82) is 0 Å². The van der Waals surface area contributed by atoms with Crippen LogP contribution in [0, 0.1) is 6.92 Å². The van der Waals surface area contributed by atoms with Crippen molar-refractivity contribution in [2.24, 2.45) is 0 Å². The van der Waals surface area contributed by atoms with Gasteiger partial charge in [-0.3, -0.25) is 4.79 Å². The third kappa shape index (κ3) is 3.74. The van der Waals surface area contributed by atoms with E-state index in [-0.39, 0.29) is 5.91 Å². The summed E-state index contributed by atoms with van der Waals surface area (Å²) in [5.74, 6) is 0.468. The van der Waals surface area contributed by atoms with Crippen LogP contribution >= 0.6 is 0 Å². The molecule has 1 atom stereocenters. The number of hydrogen-bond acceptors (Lipinski definition) is 3. The number of benzene rings is 2. The highest BCUT2D eigenvalue weighted by molar-refractivity contribution is 6.02. The fourth-order valence-corrected chi connectivity index (χ4v) is 2.86. The molecule has 0 spiro atoms. The number of rotatable bonds is 4. The lowest BCUT2D eigenvalue weighted by atomic mass is 10.2. The van der Waals surface area contributed by atoms with Gasteiger partial charge < -0.3 is 20.3 Å². The van der Waals surface area contributed by atoms with Crippen molar-refractivity contribution >= 4 is 23.3 Å². The van der Waals surface area contributed by atoms with Gasteiger partial charge in [0.15, 0.2) is 0 Å². The Morgan fingerprint density at radius 1 is 1.16 bits per heavy atom. The van der Waals surface area contributed by atoms with Crippen molar-refractivity contribution in [3.63, 3.8) is 0 Å². The van der Waals surface area contributed by atoms with E-state index in [1.54, 1.807) is 30.2 Å². The summed E-state index contributed by atoms with van der Waals surface area (Å²) in [4.78, 5) is 26.5. The van der Waals surface area contributed by atoms with Gasteiger partial charge in [-0.05, 0) is 37.6 Å². The molecule has 2 aromatic carbocycles. The number of anilines is 2. The summed E-state index contributed by atoms with van der Waals surface area (Å²) in [6, 6.07) is 14.0. The van der Waals surface area contributed by atoms with Gasteiger partial charge in [0.25, 0.3) is 0 Å². The van der Waals surface area contributed by atoms with Crippen LogP contribution in [0.1, 0.15) is 12.0 Å². The summed E-state index contributed by atoms with van der Waals surface area (Å²) in [5, 5.41) is 5.47. The number of methoxy groups -OCH3 is 1. The maximum absolute atomic E-state index is 12.6. The number of aryl methyl sites for hydroxylation is 1. The number of hydrogen-bond donors (Lipinski definition) is 2. The van der Waals surface area contributed by atoms with Crippen LogP contribution in [-0.2, 0) is 4.79 Å². The molecule has 130 valence electrons. The second-order valence-corrected chi connectivity index (χ2v) is 5.97. The van der Waals surface area contributed by atoms with E-state index in [2.05, 4.69) is 10.6 Å². The van der Waals surface area contributed by atoms with Gasteiger partial charge in [-0.15, -0.1) is 0 Å². The molecular formula is C19H21N3O3. The molecule has 1 fully saturated rings. The van der Waals surface area contributed by atoms with Gasteiger partial charge in [-0.1, -0.05) is 29.8 Å². The number of para-hydroxylation sites is 2. The Morgan fingerprint density at radius 3 is 2.60 bits per heavy atom. The van der Waals surface area contributed by atoms with Crippen LogP contribution in [0.3, 0.4) is 0 Å². The first kappa shape index (κ1) is 16.8. The molecule has 0 aromatic heterocycles. The highest BCUT2D eigenvalue weighted by Gasteiger charge is 2.33. The molecule has 2 N–H and O–H groups in total. The van der Waals surface area contributed by atoms with Gasteiger partial charge in [0, 0.05) is 12.2 Å². The molecule has 0 radical (unpaired) electrons. The molecular weight excluding hydrogens is 318 g/mol. The van der Waals surface area contributed by atoms with E-state index in [0.29, 0.717) is 24.4 Å². The molecule has 0 saturated carbocycles. The van der Waals surface area contributed by atoms with Crippen LogP contribution in [0.2, 0.25) is 0 Å². The van der Waals surface area contributed by atoms with E-state index < -0.39 is 12.1 Å². The van der Waals surface area contributed by atoms with Crippen molar-refractivity contribution < 1.29 is 14.3 Å². The molecule has 0 aliphatic carbocycles. The molecule has 6 nitrogen and oxygen atoms in total. The Balaban J connectivity index is 1.62. The predicted octanol–water partition coefficient (Wildman–Crippen LogP) is 2.93. The summed E-state index contributed by atoms with van der Waals surface area (Å²) < 4.78 is 5.20. The van der Waals surface area contributed by atoms with E-state index in [4.69, 9.17) is 4.74 Å². The molecule has 3 rings (SSSR count). The van der Waals surface area contributed by atoms with Gasteiger partial charge in [0.2, 0.25) is 5.91 Å². The van der Waals surface area contributed by atoms with E-state index in [0.717, 1.165) is 11.3 Å². The first-order chi connectivity index (χ1) is 12.1. The smallest absolute Gasteiger partial charge is 0.319 e. The highest BCUT2D eigenvalue weighted by Crippen LogP contribution is 2.24. The van der Waals surface area contributed by atoms with Crippen LogP contribution in [0.25, 0.3) is 0 Å². The molecule has 6 heteroatoms. The predicted molar refractivity (Wildman–Crippen MR) is 97.1 cm³/mol. The summed E-state index contributed by atoms with van der Waals surface area (Å²) >= 11 is 0. The Bertz CT molecular complexity index is 774. The molecule has 1 saturated heterocycles. The molecule has 3 amide bonds. The quantitative estimate of drug-likeness (QED) is 0.900. The second-order valence-electron chi connectivity index (χ2n) is 5.97. The minimum absolute atomic E-state index is 0.0981. The standard InChI is InChI=1S/C19H21N3O3/c1-13-7-9-14(10-8-13)22-12-11-16(18(22)23)21-19(24)20-15-5-3-4-6-17(15)25-2/h3-10,16H,11-12H2,1-2H3,(H2,20,21,24)/t16-/m1/s1. The van der Waals surface area contributed by atoms with Gasteiger partial charge in [0.1, 0.15) is 11.8 Å². The monoisotopic (exact) mass is 339 g/mol. The van der Waals surface area contributed by atoms with Crippen molar-refractivity contribution in [3.05, 3.63) is 54.1 Å². The largest absolute Gasteiger partial charge is 0.495 e. The average Bonchev–Trinajstić information content (AvgIpc) is 2.97. The van der Waals surface area contributed by atoms with Crippen LogP contribution in [-0.4, -0.2) is 31.6 Å². The lowest BCUT2D eigenvalue weighted by Gasteiger charge is -2.18. The number of carbonyl (C=O) groups is 2. The minimum atomic E-state index is -0.531. The van der Waals surface area contributed by atoms with Crippen LogP contribution in [0.4, 0.5) is 16.2 Å². The van der Waals surface area contributed by atoms with Crippen molar-refractivity contribution in [1.82, 2.24) is 5.32 Å². The van der Waals surface area contributed by atoms with Gasteiger partial charge in [-0.25, -0.2) is 4.79 Å². The number of nitrogens with one attached hydrogen (secondary N) is 2. The summed E-state index contributed by atoms with van der Waals surface area (Å²) in [6.45, 7) is 2.59. The normalized spacial score (nSPS) is 16.6. The lowest BCUT2D eigenvalue weighted by Crippen LogP contribution is -2.43. The lowest BCUT2D eigenvalue weighted by molar-refractivity contribution is -0.118. The van der Waals surface area contributed by atoms with Crippen LogP contribution in [0.5, 0.6) is 5.75 Å². The minimum Gasteiger partial charge on any atom is -0.495 e. The second kappa shape index (κ2) is 7.25. The fourth-order valence-electron chi connectivity index (χ4n) is 2.86. The van der Waals surface area contributed by atoms with Gasteiger partial charge >= 0.3 is 6.03 Å². The fraction of sp³-hybridized carbons (Fsp3) is 0.263. The zero-order valence-electron chi connectivity index (χ0n) is 14.3. The molecule has 1 aliphatic rings. The van der Waals surface area contributed by atoms with E-state index in [1.165, 1.54) is 0 Å². The number of amides is 3. The highest BCUT2D eigenvalue weighted by atomic mass is 16.5. The van der Waals surface area contributed by atoms with Crippen LogP contribution in [0.15, 0.2) is 48.5 Å². The Kier molecular flexibility index (Phi) is 4.88. The number of urea groups is 1. The average molecular weight is 339 g/mol. The van der Waals surface area contributed by atoms with Gasteiger partial charge in [-0.2, -0.15) is 0 Å². The number of carbonyl (C=O) groups excluding carboxylic acids is 2. The Labute approximate surface area is 146 Å². The Hall–Kier alpha value is -3.02. The third-order valence-corrected chi connectivity index (χ3v) is 4.21. The SMILES string of the molecule is COc1ccccc1NC(=O)N[C@@H]1CCN(c2ccc(C)cc2)C1=O. The zero-order chi connectivity index (χ0) is 17.8. The molecule has 0 unspecified atom stereocenters. The van der Waals surface area contributed by atoms with E-state index in [9.17, 15) is 9.59 Å². The Morgan fingerprint density at radius 2 is 1.88 bits per heavy atom. The maximum atomic E-state index is 12.6. The summed E-state index contributed by atoms with van der Waals surface area (Å²) in [6.07, 6.45) is 0.575. The number of ether oxygens (including phenoxy) is 1. The first-order valence-electron chi connectivity index (χ1n) is 8.17. The maximum Gasteiger partial charge on any atom is 0.319 e. The topological polar surface area (TPSA) is 70.7 Å². The van der Waals surface area contributed by atoms with Crippen molar-refractivity contribution in [3.8, 4) is 5.75 Å². The van der Waals surface area contributed by atoms with Gasteiger partial charge in [0.05, 0.1) is 12.8 Å². The molecule has 25 heavy (non-hydrogen) atoms. The van der Waals surface area contributed by atoms with Crippen molar-refractivity contribution in [2.45, 2.75) is 19.4 Å². The molecule has 1 aliphatic heterocycles. The zero-order valence-corrected chi connectivity index (χ0v) is 14.3. The first-order valence-corrected chi connectivity index (χ1v) is 8.17. The van der Waals surface area contributed by atoms with Crippen LogP contribution < -0.4 is 20.3 Å². The molecule has 2 aromatic rings. The molecule has 1 heterocycles. The summed E-state index contributed by atoms with van der Waals surface area (Å²) in [7, 11) is 1.54. The van der Waals surface area contributed by atoms with Crippen molar-refractivity contribution in [2.75, 3.05) is 23.9 Å². The molecule has 0 bridgehead atoms. The summed E-state index contributed by atoms with van der Waals surface area (Å²) in [5.41, 5.74) is 2.55.